The molecular weight excluding hydrogens is 242 g/mol. The van der Waals surface area contributed by atoms with Crippen LogP contribution in [0, 0.1) is 0 Å². The summed E-state index contributed by atoms with van der Waals surface area (Å²) in [6, 6.07) is 5.56. The molecule has 0 spiro atoms. The minimum Gasteiger partial charge on any atom is -0.388 e. The molecule has 1 amide bonds. The molecule has 0 fully saturated rings. The standard InChI is InChI=1S/C14H19N3O2/c1-3-14(19,4-2)10-15-13(18)11-9-16-17-8-6-5-7-12(11)17/h5-9,19H,3-4,10H2,1-2H3,(H,15,18). The van der Waals surface area contributed by atoms with E-state index in [-0.39, 0.29) is 12.5 Å². The molecule has 2 N–H and O–H groups in total. The van der Waals surface area contributed by atoms with Gasteiger partial charge in [0.05, 0.1) is 22.9 Å². The summed E-state index contributed by atoms with van der Waals surface area (Å²) in [5.74, 6) is -0.207. The molecule has 2 rings (SSSR count). The molecule has 2 heterocycles. The average molecular weight is 261 g/mol. The Morgan fingerprint density at radius 3 is 2.84 bits per heavy atom. The van der Waals surface area contributed by atoms with Gasteiger partial charge in [-0.15, -0.1) is 0 Å². The highest BCUT2D eigenvalue weighted by Gasteiger charge is 2.23. The highest BCUT2D eigenvalue weighted by Crippen LogP contribution is 2.14. The van der Waals surface area contributed by atoms with Gasteiger partial charge in [0.2, 0.25) is 0 Å². The average Bonchev–Trinajstić information content (AvgIpc) is 2.88. The zero-order valence-corrected chi connectivity index (χ0v) is 11.3. The van der Waals surface area contributed by atoms with Crippen molar-refractivity contribution in [2.75, 3.05) is 6.54 Å². The smallest absolute Gasteiger partial charge is 0.255 e. The summed E-state index contributed by atoms with van der Waals surface area (Å²) < 4.78 is 1.65. The van der Waals surface area contributed by atoms with Crippen LogP contribution < -0.4 is 5.32 Å². The Morgan fingerprint density at radius 1 is 1.42 bits per heavy atom. The summed E-state index contributed by atoms with van der Waals surface area (Å²) in [7, 11) is 0. The highest BCUT2D eigenvalue weighted by molar-refractivity contribution is 6.00. The summed E-state index contributed by atoms with van der Waals surface area (Å²) in [6.07, 6.45) is 4.55. The van der Waals surface area contributed by atoms with Gasteiger partial charge in [-0.3, -0.25) is 4.79 Å². The molecule has 0 bridgehead atoms. The third kappa shape index (κ3) is 2.76. The molecule has 19 heavy (non-hydrogen) atoms. The van der Waals surface area contributed by atoms with Crippen LogP contribution in [0.15, 0.2) is 30.6 Å². The van der Waals surface area contributed by atoms with E-state index >= 15 is 0 Å². The van der Waals surface area contributed by atoms with Gasteiger partial charge in [0.15, 0.2) is 0 Å². The van der Waals surface area contributed by atoms with Gasteiger partial charge in [-0.25, -0.2) is 4.52 Å². The minimum atomic E-state index is -0.835. The third-order valence-electron chi connectivity index (χ3n) is 3.57. The van der Waals surface area contributed by atoms with Crippen molar-refractivity contribution in [3.8, 4) is 0 Å². The quantitative estimate of drug-likeness (QED) is 0.859. The summed E-state index contributed by atoms with van der Waals surface area (Å²) >= 11 is 0. The molecule has 5 nitrogen and oxygen atoms in total. The predicted octanol–water partition coefficient (Wildman–Crippen LogP) is 1.62. The van der Waals surface area contributed by atoms with E-state index in [1.807, 2.05) is 32.0 Å². The molecule has 102 valence electrons. The van der Waals surface area contributed by atoms with E-state index < -0.39 is 5.60 Å². The van der Waals surface area contributed by atoms with Crippen molar-refractivity contribution in [2.24, 2.45) is 0 Å². The number of amides is 1. The molecule has 5 heteroatoms. The van der Waals surface area contributed by atoms with Gasteiger partial charge in [-0.2, -0.15) is 5.10 Å². The number of nitrogens with zero attached hydrogens (tertiary/aromatic N) is 2. The zero-order valence-electron chi connectivity index (χ0n) is 11.3. The number of pyridine rings is 1. The second kappa shape index (κ2) is 5.40. The Bertz CT molecular complexity index is 573. The number of nitrogens with one attached hydrogen (secondary N) is 1. The van der Waals surface area contributed by atoms with E-state index in [1.165, 1.54) is 0 Å². The topological polar surface area (TPSA) is 66.6 Å². The van der Waals surface area contributed by atoms with Crippen LogP contribution in [-0.2, 0) is 0 Å². The molecule has 0 aromatic carbocycles. The fourth-order valence-electron chi connectivity index (χ4n) is 1.95. The van der Waals surface area contributed by atoms with Gasteiger partial charge < -0.3 is 10.4 Å². The van der Waals surface area contributed by atoms with Gasteiger partial charge in [0, 0.05) is 12.7 Å². The lowest BCUT2D eigenvalue weighted by Gasteiger charge is -2.25. The Morgan fingerprint density at radius 2 is 2.16 bits per heavy atom. The van der Waals surface area contributed by atoms with E-state index in [9.17, 15) is 9.90 Å². The number of fused-ring (bicyclic) bond motifs is 1. The lowest BCUT2D eigenvalue weighted by atomic mass is 9.97. The summed E-state index contributed by atoms with van der Waals surface area (Å²) in [4.78, 5) is 12.1. The van der Waals surface area contributed by atoms with Crippen molar-refractivity contribution >= 4 is 11.4 Å². The lowest BCUT2D eigenvalue weighted by molar-refractivity contribution is 0.0314. The second-order valence-electron chi connectivity index (χ2n) is 4.70. The zero-order chi connectivity index (χ0) is 13.9. The van der Waals surface area contributed by atoms with Crippen molar-refractivity contribution in [1.82, 2.24) is 14.9 Å². The lowest BCUT2D eigenvalue weighted by Crippen LogP contribution is -2.42. The number of aromatic nitrogens is 2. The van der Waals surface area contributed by atoms with Crippen LogP contribution in [0.4, 0.5) is 0 Å². The molecule has 0 saturated heterocycles. The van der Waals surface area contributed by atoms with E-state index in [0.717, 1.165) is 5.52 Å². The van der Waals surface area contributed by atoms with E-state index in [2.05, 4.69) is 10.4 Å². The van der Waals surface area contributed by atoms with Crippen molar-refractivity contribution < 1.29 is 9.90 Å². The normalized spacial score (nSPS) is 11.7. The van der Waals surface area contributed by atoms with Crippen molar-refractivity contribution in [3.05, 3.63) is 36.2 Å². The summed E-state index contributed by atoms with van der Waals surface area (Å²) in [6.45, 7) is 4.07. The van der Waals surface area contributed by atoms with Crippen molar-refractivity contribution in [1.29, 1.82) is 0 Å². The van der Waals surface area contributed by atoms with Crippen LogP contribution in [0.25, 0.3) is 5.52 Å². The molecule has 0 unspecified atom stereocenters. The van der Waals surface area contributed by atoms with Gasteiger partial charge in [0.25, 0.3) is 5.91 Å². The van der Waals surface area contributed by atoms with Crippen LogP contribution in [-0.4, -0.2) is 32.8 Å². The fourth-order valence-corrected chi connectivity index (χ4v) is 1.95. The minimum absolute atomic E-state index is 0.207. The first-order chi connectivity index (χ1) is 9.09. The molecule has 2 aromatic heterocycles. The second-order valence-corrected chi connectivity index (χ2v) is 4.70. The molecular formula is C14H19N3O2. The van der Waals surface area contributed by atoms with E-state index in [0.29, 0.717) is 18.4 Å². The maximum Gasteiger partial charge on any atom is 0.255 e. The Balaban J connectivity index is 2.12. The molecule has 0 aliphatic carbocycles. The number of hydrogen-bond acceptors (Lipinski definition) is 3. The molecule has 0 atom stereocenters. The van der Waals surface area contributed by atoms with Gasteiger partial charge in [-0.1, -0.05) is 19.9 Å². The SMILES string of the molecule is CCC(O)(CC)CNC(=O)c1cnn2ccccc12. The van der Waals surface area contributed by atoms with Gasteiger partial charge in [-0.05, 0) is 25.0 Å². The number of hydrogen-bond donors (Lipinski definition) is 2. The first kappa shape index (κ1) is 13.5. The van der Waals surface area contributed by atoms with Gasteiger partial charge in [0.1, 0.15) is 0 Å². The van der Waals surface area contributed by atoms with Gasteiger partial charge >= 0.3 is 0 Å². The summed E-state index contributed by atoms with van der Waals surface area (Å²) in [5, 5.41) is 17.0. The molecule has 2 aromatic rings. The van der Waals surface area contributed by atoms with Crippen molar-refractivity contribution in [2.45, 2.75) is 32.3 Å². The van der Waals surface area contributed by atoms with E-state index in [4.69, 9.17) is 0 Å². The fraction of sp³-hybridized carbons (Fsp3) is 0.429. The van der Waals surface area contributed by atoms with Crippen LogP contribution in [0.1, 0.15) is 37.0 Å². The van der Waals surface area contributed by atoms with Crippen molar-refractivity contribution in [3.63, 3.8) is 0 Å². The highest BCUT2D eigenvalue weighted by atomic mass is 16.3. The number of rotatable bonds is 5. The maximum absolute atomic E-state index is 12.1. The van der Waals surface area contributed by atoms with Crippen LogP contribution in [0.3, 0.4) is 0 Å². The number of carbonyl (C=O) groups is 1. The summed E-state index contributed by atoms with van der Waals surface area (Å²) in [5.41, 5.74) is 0.449. The first-order valence-electron chi connectivity index (χ1n) is 6.52. The van der Waals surface area contributed by atoms with E-state index in [1.54, 1.807) is 16.9 Å². The van der Waals surface area contributed by atoms with Crippen LogP contribution in [0.2, 0.25) is 0 Å². The Kier molecular flexibility index (Phi) is 3.85. The Labute approximate surface area is 112 Å². The molecule has 0 aliphatic heterocycles. The molecule has 0 saturated carbocycles. The number of aliphatic hydroxyl groups is 1. The predicted molar refractivity (Wildman–Crippen MR) is 73.1 cm³/mol. The molecule has 0 aliphatic rings. The first-order valence-corrected chi connectivity index (χ1v) is 6.52. The molecule has 0 radical (unpaired) electrons. The Hall–Kier alpha value is -1.88. The maximum atomic E-state index is 12.1. The van der Waals surface area contributed by atoms with Crippen LogP contribution in [0.5, 0.6) is 0 Å². The monoisotopic (exact) mass is 261 g/mol. The van der Waals surface area contributed by atoms with Crippen LogP contribution >= 0.6 is 0 Å². The third-order valence-corrected chi connectivity index (χ3v) is 3.57. The largest absolute Gasteiger partial charge is 0.388 e. The number of carbonyl (C=O) groups excluding carboxylic acids is 1.